The molecule has 0 fully saturated rings. The van der Waals surface area contributed by atoms with Crippen molar-refractivity contribution in [3.8, 4) is 6.07 Å². The minimum absolute atomic E-state index is 0.567. The highest BCUT2D eigenvalue weighted by Crippen LogP contribution is 2.10. The van der Waals surface area contributed by atoms with E-state index in [2.05, 4.69) is 11.2 Å². The largest absolute Gasteiger partial charge is 0.411 e. The third-order valence-corrected chi connectivity index (χ3v) is 2.12. The highest BCUT2D eigenvalue weighted by molar-refractivity contribution is 6.01. The number of rotatable bonds is 2. The first-order valence-electron chi connectivity index (χ1n) is 4.55. The number of allylic oxidation sites excluding steroid dienone is 1. The lowest BCUT2D eigenvalue weighted by Gasteiger charge is -1.99. The Morgan fingerprint density at radius 3 is 2.80 bits per heavy atom. The van der Waals surface area contributed by atoms with Gasteiger partial charge in [-0.3, -0.25) is 0 Å². The summed E-state index contributed by atoms with van der Waals surface area (Å²) in [5, 5.41) is 20.4. The van der Waals surface area contributed by atoms with Gasteiger partial charge in [-0.25, -0.2) is 0 Å². The van der Waals surface area contributed by atoms with Gasteiger partial charge in [0, 0.05) is 0 Å². The Morgan fingerprint density at radius 2 is 2.20 bits per heavy atom. The second kappa shape index (κ2) is 4.97. The summed E-state index contributed by atoms with van der Waals surface area (Å²) in [5.41, 5.74) is 2.98. The van der Waals surface area contributed by atoms with E-state index in [-0.39, 0.29) is 0 Å². The predicted molar refractivity (Wildman–Crippen MR) is 59.7 cm³/mol. The smallest absolute Gasteiger partial charge is 0.0991 e. The first kappa shape index (κ1) is 11.0. The molecule has 0 radical (unpaired) electrons. The van der Waals surface area contributed by atoms with Crippen molar-refractivity contribution in [3.05, 3.63) is 41.0 Å². The van der Waals surface area contributed by atoms with Gasteiger partial charge in [-0.1, -0.05) is 23.4 Å². The summed E-state index contributed by atoms with van der Waals surface area (Å²) in [7, 11) is 0. The second-order valence-electron chi connectivity index (χ2n) is 3.25. The van der Waals surface area contributed by atoms with Crippen LogP contribution in [0.4, 0.5) is 0 Å². The van der Waals surface area contributed by atoms with Crippen LogP contribution < -0.4 is 0 Å². The van der Waals surface area contributed by atoms with Crippen LogP contribution in [-0.2, 0) is 0 Å². The number of nitriles is 1. The number of hydrogen-bond acceptors (Lipinski definition) is 3. The summed E-state index contributed by atoms with van der Waals surface area (Å²) in [5.74, 6) is 0. The zero-order valence-electron chi connectivity index (χ0n) is 8.73. The number of nitrogens with zero attached hydrogens (tertiary/aromatic N) is 2. The zero-order chi connectivity index (χ0) is 11.3. The SMILES string of the molecule is CC(=C\c1cccc(C#N)c1)/C(C)=N/O. The molecule has 0 amide bonds. The molecular weight excluding hydrogens is 188 g/mol. The van der Waals surface area contributed by atoms with E-state index >= 15 is 0 Å². The van der Waals surface area contributed by atoms with Crippen molar-refractivity contribution in [2.45, 2.75) is 13.8 Å². The highest BCUT2D eigenvalue weighted by Gasteiger charge is 1.97. The third-order valence-electron chi connectivity index (χ3n) is 2.12. The fraction of sp³-hybridized carbons (Fsp3) is 0.167. The molecule has 0 aliphatic heterocycles. The summed E-state index contributed by atoms with van der Waals surface area (Å²) in [6.45, 7) is 3.58. The van der Waals surface area contributed by atoms with Crippen LogP contribution in [0.3, 0.4) is 0 Å². The molecule has 0 spiro atoms. The molecule has 0 aromatic heterocycles. The maximum atomic E-state index is 8.72. The van der Waals surface area contributed by atoms with Crippen LogP contribution in [0.2, 0.25) is 0 Å². The molecule has 1 aromatic rings. The van der Waals surface area contributed by atoms with Gasteiger partial charge in [0.15, 0.2) is 0 Å². The van der Waals surface area contributed by atoms with Gasteiger partial charge in [0.05, 0.1) is 17.3 Å². The molecule has 0 bridgehead atoms. The van der Waals surface area contributed by atoms with E-state index in [9.17, 15) is 0 Å². The average molecular weight is 200 g/mol. The Balaban J connectivity index is 3.04. The van der Waals surface area contributed by atoms with E-state index in [1.165, 1.54) is 0 Å². The van der Waals surface area contributed by atoms with Gasteiger partial charge in [0.2, 0.25) is 0 Å². The molecule has 76 valence electrons. The molecule has 0 unspecified atom stereocenters. The summed E-state index contributed by atoms with van der Waals surface area (Å²) < 4.78 is 0. The topological polar surface area (TPSA) is 56.4 Å². The monoisotopic (exact) mass is 200 g/mol. The van der Waals surface area contributed by atoms with Crippen molar-refractivity contribution in [2.24, 2.45) is 5.16 Å². The third kappa shape index (κ3) is 2.96. The van der Waals surface area contributed by atoms with E-state index in [1.54, 1.807) is 19.1 Å². The highest BCUT2D eigenvalue weighted by atomic mass is 16.4. The average Bonchev–Trinajstić information content (AvgIpc) is 2.28. The van der Waals surface area contributed by atoms with Crippen LogP contribution >= 0.6 is 0 Å². The molecule has 0 aliphatic rings. The summed E-state index contributed by atoms with van der Waals surface area (Å²) >= 11 is 0. The fourth-order valence-corrected chi connectivity index (χ4v) is 1.13. The van der Waals surface area contributed by atoms with Gasteiger partial charge >= 0.3 is 0 Å². The van der Waals surface area contributed by atoms with Gasteiger partial charge in [-0.15, -0.1) is 0 Å². The maximum absolute atomic E-state index is 8.72. The Hall–Kier alpha value is -2.08. The first-order chi connectivity index (χ1) is 7.17. The number of hydrogen-bond donors (Lipinski definition) is 1. The lowest BCUT2D eigenvalue weighted by molar-refractivity contribution is 0.319. The number of oxime groups is 1. The summed E-state index contributed by atoms with van der Waals surface area (Å²) in [6.07, 6.45) is 1.87. The minimum atomic E-state index is 0.567. The van der Waals surface area contributed by atoms with Gasteiger partial charge < -0.3 is 5.21 Å². The molecule has 0 saturated carbocycles. The predicted octanol–water partition coefficient (Wildman–Crippen LogP) is 2.81. The maximum Gasteiger partial charge on any atom is 0.0991 e. The van der Waals surface area contributed by atoms with E-state index in [0.29, 0.717) is 11.3 Å². The quantitative estimate of drug-likeness (QED) is 0.453. The molecule has 0 saturated heterocycles. The van der Waals surface area contributed by atoms with Crippen LogP contribution in [0.1, 0.15) is 25.0 Å². The Labute approximate surface area is 89.0 Å². The van der Waals surface area contributed by atoms with E-state index in [1.807, 2.05) is 25.1 Å². The van der Waals surface area contributed by atoms with Gasteiger partial charge in [-0.05, 0) is 37.1 Å². The Bertz CT molecular complexity index is 453. The standard InChI is InChI=1S/C12H12N2O/c1-9(10(2)14-15)6-11-4-3-5-12(7-11)8-13/h3-7,15H,1-2H3/b9-6+,14-10+. The first-order valence-corrected chi connectivity index (χ1v) is 4.55. The van der Waals surface area contributed by atoms with Crippen LogP contribution in [0.25, 0.3) is 6.08 Å². The molecule has 15 heavy (non-hydrogen) atoms. The van der Waals surface area contributed by atoms with Gasteiger partial charge in [0.25, 0.3) is 0 Å². The minimum Gasteiger partial charge on any atom is -0.411 e. The van der Waals surface area contributed by atoms with Crippen molar-refractivity contribution < 1.29 is 5.21 Å². The Morgan fingerprint density at radius 1 is 1.47 bits per heavy atom. The van der Waals surface area contributed by atoms with Gasteiger partial charge in [-0.2, -0.15) is 5.26 Å². The van der Waals surface area contributed by atoms with Crippen molar-refractivity contribution in [2.75, 3.05) is 0 Å². The Kier molecular flexibility index (Phi) is 3.64. The molecule has 0 aliphatic carbocycles. The van der Waals surface area contributed by atoms with Crippen molar-refractivity contribution in [1.82, 2.24) is 0 Å². The lowest BCUT2D eigenvalue weighted by atomic mass is 10.1. The molecule has 0 atom stereocenters. The molecule has 3 heteroatoms. The van der Waals surface area contributed by atoms with E-state index < -0.39 is 0 Å². The molecule has 1 rings (SSSR count). The normalized spacial score (nSPS) is 12.3. The molecule has 1 aromatic carbocycles. The second-order valence-corrected chi connectivity index (χ2v) is 3.25. The van der Waals surface area contributed by atoms with Gasteiger partial charge in [0.1, 0.15) is 0 Å². The molecule has 3 nitrogen and oxygen atoms in total. The van der Waals surface area contributed by atoms with Crippen LogP contribution in [0, 0.1) is 11.3 Å². The number of benzene rings is 1. The summed E-state index contributed by atoms with van der Waals surface area (Å²) in [4.78, 5) is 0. The summed E-state index contributed by atoms with van der Waals surface area (Å²) in [6, 6.07) is 9.33. The van der Waals surface area contributed by atoms with Crippen molar-refractivity contribution in [3.63, 3.8) is 0 Å². The molecular formula is C12H12N2O. The lowest BCUT2D eigenvalue weighted by Crippen LogP contribution is -1.92. The van der Waals surface area contributed by atoms with Crippen LogP contribution in [0.5, 0.6) is 0 Å². The zero-order valence-corrected chi connectivity index (χ0v) is 8.73. The van der Waals surface area contributed by atoms with Crippen molar-refractivity contribution in [1.29, 1.82) is 5.26 Å². The molecule has 0 heterocycles. The van der Waals surface area contributed by atoms with Crippen LogP contribution in [-0.4, -0.2) is 10.9 Å². The molecule has 1 N–H and O–H groups in total. The van der Waals surface area contributed by atoms with E-state index in [0.717, 1.165) is 11.1 Å². The van der Waals surface area contributed by atoms with Crippen molar-refractivity contribution >= 4 is 11.8 Å². The van der Waals surface area contributed by atoms with Crippen LogP contribution in [0.15, 0.2) is 35.0 Å². The van der Waals surface area contributed by atoms with E-state index in [4.69, 9.17) is 10.5 Å². The fourth-order valence-electron chi connectivity index (χ4n) is 1.13.